The molecule has 0 fully saturated rings. The van der Waals surface area contributed by atoms with Crippen LogP contribution in [0.15, 0.2) is 35.1 Å². The van der Waals surface area contributed by atoms with Gasteiger partial charge in [-0.3, -0.25) is 9.36 Å². The minimum atomic E-state index is -0.0491. The Morgan fingerprint density at radius 3 is 2.55 bits per heavy atom. The number of aromatic nitrogens is 2. The molecule has 0 saturated heterocycles. The first-order valence-electron chi connectivity index (χ1n) is 7.39. The van der Waals surface area contributed by atoms with Gasteiger partial charge < -0.3 is 4.98 Å². The van der Waals surface area contributed by atoms with Gasteiger partial charge in [-0.05, 0) is 48.3 Å². The first-order chi connectivity index (χ1) is 10.5. The Bertz CT molecular complexity index is 930. The number of thiophene rings is 1. The monoisotopic (exact) mass is 330 g/mol. The van der Waals surface area contributed by atoms with Gasteiger partial charge in [0.25, 0.3) is 5.56 Å². The van der Waals surface area contributed by atoms with Gasteiger partial charge in [-0.25, -0.2) is 0 Å². The van der Waals surface area contributed by atoms with Gasteiger partial charge in [0.2, 0.25) is 0 Å². The quantitative estimate of drug-likeness (QED) is 0.701. The van der Waals surface area contributed by atoms with E-state index in [4.69, 9.17) is 12.2 Å². The predicted molar refractivity (Wildman–Crippen MR) is 96.1 cm³/mol. The molecule has 3 aromatic rings. The number of hydrogen-bond acceptors (Lipinski definition) is 3. The molecular formula is C17H18N2OS2. The molecule has 0 spiro atoms. The van der Waals surface area contributed by atoms with E-state index >= 15 is 0 Å². The third-order valence-electron chi connectivity index (χ3n) is 3.81. The Kier molecular flexibility index (Phi) is 4.02. The molecule has 1 N–H and O–H groups in total. The van der Waals surface area contributed by atoms with Crippen molar-refractivity contribution < 1.29 is 0 Å². The summed E-state index contributed by atoms with van der Waals surface area (Å²) in [5.41, 5.74) is 2.00. The third kappa shape index (κ3) is 2.55. The number of H-pyrrole nitrogens is 1. The average molecular weight is 330 g/mol. The van der Waals surface area contributed by atoms with Crippen LogP contribution in [-0.4, -0.2) is 9.55 Å². The summed E-state index contributed by atoms with van der Waals surface area (Å²) in [4.78, 5) is 18.0. The van der Waals surface area contributed by atoms with Crippen LogP contribution in [0.1, 0.15) is 37.1 Å². The summed E-state index contributed by atoms with van der Waals surface area (Å²) < 4.78 is 2.02. The highest BCUT2D eigenvalue weighted by atomic mass is 32.1. The van der Waals surface area contributed by atoms with E-state index in [0.717, 1.165) is 16.9 Å². The number of aromatic amines is 1. The molecule has 2 aromatic heterocycles. The lowest BCUT2D eigenvalue weighted by atomic mass is 10.0. The molecule has 3 rings (SSSR count). The fraction of sp³-hybridized carbons (Fsp3) is 0.294. The zero-order valence-corrected chi connectivity index (χ0v) is 14.5. The van der Waals surface area contributed by atoms with Crippen molar-refractivity contribution in [2.24, 2.45) is 0 Å². The molecule has 114 valence electrons. The normalized spacial score (nSPS) is 11.5. The highest BCUT2D eigenvalue weighted by molar-refractivity contribution is 7.71. The standard InChI is InChI=1S/C17H18N2OS2/c1-4-13-9-14-15(22-13)18-17(21)19(16(14)20)12-7-5-11(6-8-12)10(2)3/h5-10H,4H2,1-3H3,(H,18,21). The maximum absolute atomic E-state index is 12.8. The van der Waals surface area contributed by atoms with E-state index in [9.17, 15) is 4.79 Å². The Morgan fingerprint density at radius 1 is 1.27 bits per heavy atom. The first kappa shape index (κ1) is 15.2. The number of hydrogen-bond donors (Lipinski definition) is 1. The summed E-state index contributed by atoms with van der Waals surface area (Å²) in [5.74, 6) is 0.465. The largest absolute Gasteiger partial charge is 0.323 e. The Morgan fingerprint density at radius 2 is 1.95 bits per heavy atom. The Labute approximate surface area is 138 Å². The molecule has 0 amide bonds. The lowest BCUT2D eigenvalue weighted by molar-refractivity contribution is 0.862. The zero-order chi connectivity index (χ0) is 15.9. The molecule has 1 aromatic carbocycles. The van der Waals surface area contributed by atoms with E-state index in [0.29, 0.717) is 16.1 Å². The smallest absolute Gasteiger partial charge is 0.267 e. The molecule has 0 aliphatic heterocycles. The minimum absolute atomic E-state index is 0.0491. The van der Waals surface area contributed by atoms with Gasteiger partial charge in [-0.15, -0.1) is 11.3 Å². The summed E-state index contributed by atoms with van der Waals surface area (Å²) in [5, 5.41) is 0.711. The summed E-state index contributed by atoms with van der Waals surface area (Å²) in [7, 11) is 0. The fourth-order valence-corrected chi connectivity index (χ4v) is 3.82. The van der Waals surface area contributed by atoms with Gasteiger partial charge in [0, 0.05) is 4.88 Å². The van der Waals surface area contributed by atoms with E-state index < -0.39 is 0 Å². The number of aryl methyl sites for hydroxylation is 1. The van der Waals surface area contributed by atoms with Gasteiger partial charge in [0.1, 0.15) is 4.83 Å². The second-order valence-electron chi connectivity index (χ2n) is 5.63. The lowest BCUT2D eigenvalue weighted by Crippen LogP contribution is -2.19. The highest BCUT2D eigenvalue weighted by Crippen LogP contribution is 2.22. The second-order valence-corrected chi connectivity index (χ2v) is 7.15. The van der Waals surface area contributed by atoms with Gasteiger partial charge in [0.15, 0.2) is 4.77 Å². The molecule has 0 aliphatic rings. The van der Waals surface area contributed by atoms with Crippen LogP contribution in [0.25, 0.3) is 15.9 Å². The van der Waals surface area contributed by atoms with Crippen LogP contribution in [0.5, 0.6) is 0 Å². The summed E-state index contributed by atoms with van der Waals surface area (Å²) in [6.07, 6.45) is 0.919. The predicted octanol–water partition coefficient (Wildman–Crippen LogP) is 4.80. The SMILES string of the molecule is CCc1cc2c(=O)n(-c3ccc(C(C)C)cc3)c(=S)[nH]c2s1. The average Bonchev–Trinajstić information content (AvgIpc) is 2.91. The number of nitrogens with one attached hydrogen (secondary N) is 1. The van der Waals surface area contributed by atoms with Crippen molar-refractivity contribution in [1.82, 2.24) is 9.55 Å². The molecule has 0 radical (unpaired) electrons. The summed E-state index contributed by atoms with van der Waals surface area (Å²) in [6.45, 7) is 6.39. The molecule has 0 atom stereocenters. The van der Waals surface area contributed by atoms with Crippen LogP contribution in [0, 0.1) is 4.77 Å². The van der Waals surface area contributed by atoms with Crippen LogP contribution < -0.4 is 5.56 Å². The van der Waals surface area contributed by atoms with Crippen molar-refractivity contribution in [3.05, 3.63) is 55.9 Å². The fourth-order valence-electron chi connectivity index (χ4n) is 2.48. The van der Waals surface area contributed by atoms with Crippen LogP contribution >= 0.6 is 23.6 Å². The van der Waals surface area contributed by atoms with Gasteiger partial charge in [0.05, 0.1) is 11.1 Å². The molecule has 0 bridgehead atoms. The third-order valence-corrected chi connectivity index (χ3v) is 5.29. The van der Waals surface area contributed by atoms with E-state index in [2.05, 4.69) is 37.9 Å². The van der Waals surface area contributed by atoms with Crippen molar-refractivity contribution in [2.75, 3.05) is 0 Å². The molecule has 2 heterocycles. The van der Waals surface area contributed by atoms with E-state index in [-0.39, 0.29) is 5.56 Å². The highest BCUT2D eigenvalue weighted by Gasteiger charge is 2.11. The van der Waals surface area contributed by atoms with Gasteiger partial charge in [-0.1, -0.05) is 32.9 Å². The second kappa shape index (κ2) is 5.82. The van der Waals surface area contributed by atoms with Crippen molar-refractivity contribution in [2.45, 2.75) is 33.1 Å². The molecule has 3 nitrogen and oxygen atoms in total. The summed E-state index contributed by atoms with van der Waals surface area (Å²) >= 11 is 6.99. The molecule has 22 heavy (non-hydrogen) atoms. The lowest BCUT2D eigenvalue weighted by Gasteiger charge is -2.09. The van der Waals surface area contributed by atoms with E-state index in [1.54, 1.807) is 15.9 Å². The van der Waals surface area contributed by atoms with Crippen molar-refractivity contribution >= 4 is 33.8 Å². The molecule has 0 aliphatic carbocycles. The minimum Gasteiger partial charge on any atom is -0.323 e. The van der Waals surface area contributed by atoms with Crippen molar-refractivity contribution in [3.63, 3.8) is 0 Å². The van der Waals surface area contributed by atoms with Crippen molar-refractivity contribution in [1.29, 1.82) is 0 Å². The molecular weight excluding hydrogens is 312 g/mol. The molecule has 0 unspecified atom stereocenters. The van der Waals surface area contributed by atoms with Crippen LogP contribution in [-0.2, 0) is 6.42 Å². The van der Waals surface area contributed by atoms with E-state index in [1.165, 1.54) is 10.4 Å². The number of fused-ring (bicyclic) bond motifs is 1. The van der Waals surface area contributed by atoms with Gasteiger partial charge >= 0.3 is 0 Å². The first-order valence-corrected chi connectivity index (χ1v) is 8.61. The van der Waals surface area contributed by atoms with Gasteiger partial charge in [-0.2, -0.15) is 0 Å². The maximum Gasteiger partial charge on any atom is 0.267 e. The van der Waals surface area contributed by atoms with E-state index in [1.807, 2.05) is 18.2 Å². The topological polar surface area (TPSA) is 37.8 Å². The Balaban J connectivity index is 2.22. The number of rotatable bonds is 3. The van der Waals surface area contributed by atoms with Crippen LogP contribution in [0.2, 0.25) is 0 Å². The number of nitrogens with zero attached hydrogens (tertiary/aromatic N) is 1. The van der Waals surface area contributed by atoms with Crippen LogP contribution in [0.4, 0.5) is 0 Å². The molecule has 0 saturated carbocycles. The zero-order valence-electron chi connectivity index (χ0n) is 12.8. The summed E-state index contributed by atoms with van der Waals surface area (Å²) in [6, 6.07) is 9.98. The Hall–Kier alpha value is -1.72. The maximum atomic E-state index is 12.8. The van der Waals surface area contributed by atoms with Crippen molar-refractivity contribution in [3.8, 4) is 5.69 Å². The van der Waals surface area contributed by atoms with Crippen LogP contribution in [0.3, 0.4) is 0 Å². The number of benzene rings is 1. The molecule has 5 heteroatoms.